The average molecular weight is 283 g/mol. The van der Waals surface area contributed by atoms with Crippen LogP contribution in [0.4, 0.5) is 0 Å². The standard InChI is InChI=1S/C17H21N3O/c1-18-12-15-6-2-3-10-20(15)17(21)14-7-8-16-13(11-14)5-4-9-19-16/h4-5,7-9,11,15,18H,2-3,6,10,12H2,1H3. The van der Waals surface area contributed by atoms with Crippen LogP contribution in [-0.4, -0.2) is 42.0 Å². The minimum Gasteiger partial charge on any atom is -0.334 e. The average Bonchev–Trinajstić information content (AvgIpc) is 2.54. The van der Waals surface area contributed by atoms with E-state index < -0.39 is 0 Å². The second-order valence-electron chi connectivity index (χ2n) is 5.62. The Morgan fingerprint density at radius 2 is 2.29 bits per heavy atom. The molecule has 2 aromatic rings. The van der Waals surface area contributed by atoms with Crippen LogP contribution in [-0.2, 0) is 0 Å². The number of carbonyl (C=O) groups is 1. The molecule has 1 fully saturated rings. The van der Waals surface area contributed by atoms with Crippen LogP contribution in [0.5, 0.6) is 0 Å². The quantitative estimate of drug-likeness (QED) is 0.941. The lowest BCUT2D eigenvalue weighted by Gasteiger charge is -2.35. The Morgan fingerprint density at radius 1 is 1.38 bits per heavy atom. The van der Waals surface area contributed by atoms with Crippen molar-refractivity contribution in [3.8, 4) is 0 Å². The Bertz CT molecular complexity index is 639. The van der Waals surface area contributed by atoms with Crippen LogP contribution in [0.15, 0.2) is 36.5 Å². The molecule has 4 nitrogen and oxygen atoms in total. The number of likely N-dealkylation sites (N-methyl/N-ethyl adjacent to an activating group) is 1. The van der Waals surface area contributed by atoms with E-state index in [2.05, 4.69) is 10.3 Å². The third-order valence-corrected chi connectivity index (χ3v) is 4.18. The molecule has 110 valence electrons. The fraction of sp³-hybridized carbons (Fsp3) is 0.412. The van der Waals surface area contributed by atoms with Gasteiger partial charge in [0, 0.05) is 36.3 Å². The van der Waals surface area contributed by atoms with Gasteiger partial charge in [-0.2, -0.15) is 0 Å². The first-order valence-corrected chi connectivity index (χ1v) is 7.60. The van der Waals surface area contributed by atoms with Gasteiger partial charge in [0.1, 0.15) is 0 Å². The van der Waals surface area contributed by atoms with Crippen molar-refractivity contribution in [1.29, 1.82) is 0 Å². The first-order valence-electron chi connectivity index (χ1n) is 7.60. The predicted molar refractivity (Wildman–Crippen MR) is 84.3 cm³/mol. The monoisotopic (exact) mass is 283 g/mol. The molecule has 1 aromatic heterocycles. The molecule has 0 aliphatic carbocycles. The van der Waals surface area contributed by atoms with Crippen LogP contribution in [0.3, 0.4) is 0 Å². The third kappa shape index (κ3) is 2.90. The zero-order valence-corrected chi connectivity index (χ0v) is 12.4. The van der Waals surface area contributed by atoms with E-state index in [4.69, 9.17) is 0 Å². The van der Waals surface area contributed by atoms with Gasteiger partial charge in [0.05, 0.1) is 5.52 Å². The molecule has 1 N–H and O–H groups in total. The fourth-order valence-electron chi connectivity index (χ4n) is 3.09. The van der Waals surface area contributed by atoms with E-state index in [-0.39, 0.29) is 5.91 Å². The number of pyridine rings is 1. The van der Waals surface area contributed by atoms with Crippen molar-refractivity contribution >= 4 is 16.8 Å². The summed E-state index contributed by atoms with van der Waals surface area (Å²) in [6.07, 6.45) is 5.16. The van der Waals surface area contributed by atoms with Crippen LogP contribution in [0.2, 0.25) is 0 Å². The summed E-state index contributed by atoms with van der Waals surface area (Å²) in [5, 5.41) is 4.22. The number of benzene rings is 1. The van der Waals surface area contributed by atoms with Gasteiger partial charge in [-0.05, 0) is 50.6 Å². The maximum absolute atomic E-state index is 12.8. The largest absolute Gasteiger partial charge is 0.334 e. The summed E-state index contributed by atoms with van der Waals surface area (Å²) in [7, 11) is 1.94. The fourth-order valence-corrected chi connectivity index (χ4v) is 3.09. The lowest BCUT2D eigenvalue weighted by atomic mass is 10.00. The number of amides is 1. The zero-order chi connectivity index (χ0) is 14.7. The van der Waals surface area contributed by atoms with Gasteiger partial charge in [0.25, 0.3) is 5.91 Å². The van der Waals surface area contributed by atoms with Crippen LogP contribution < -0.4 is 5.32 Å². The number of likely N-dealkylation sites (tertiary alicyclic amines) is 1. The number of rotatable bonds is 3. The molecule has 0 radical (unpaired) electrons. The molecular weight excluding hydrogens is 262 g/mol. The number of piperidine rings is 1. The molecule has 1 saturated heterocycles. The molecule has 1 aliphatic rings. The van der Waals surface area contributed by atoms with Crippen molar-refractivity contribution in [3.05, 3.63) is 42.1 Å². The smallest absolute Gasteiger partial charge is 0.254 e. The molecule has 3 rings (SSSR count). The maximum atomic E-state index is 12.8. The van der Waals surface area contributed by atoms with E-state index >= 15 is 0 Å². The van der Waals surface area contributed by atoms with E-state index in [1.54, 1.807) is 6.20 Å². The van der Waals surface area contributed by atoms with Gasteiger partial charge >= 0.3 is 0 Å². The Hall–Kier alpha value is -1.94. The highest BCUT2D eigenvalue weighted by molar-refractivity contribution is 5.98. The van der Waals surface area contributed by atoms with Crippen molar-refractivity contribution in [3.63, 3.8) is 0 Å². The van der Waals surface area contributed by atoms with Crippen molar-refractivity contribution in [2.45, 2.75) is 25.3 Å². The summed E-state index contributed by atoms with van der Waals surface area (Å²) in [5.74, 6) is 0.140. The number of nitrogens with zero attached hydrogens (tertiary/aromatic N) is 2. The van der Waals surface area contributed by atoms with Crippen molar-refractivity contribution < 1.29 is 4.79 Å². The Balaban J connectivity index is 1.87. The number of fused-ring (bicyclic) bond motifs is 1. The number of nitrogens with one attached hydrogen (secondary N) is 1. The third-order valence-electron chi connectivity index (χ3n) is 4.18. The van der Waals surface area contributed by atoms with Crippen LogP contribution in [0.1, 0.15) is 29.6 Å². The lowest BCUT2D eigenvalue weighted by molar-refractivity contribution is 0.0615. The van der Waals surface area contributed by atoms with E-state index in [1.807, 2.05) is 42.3 Å². The minimum atomic E-state index is 0.140. The maximum Gasteiger partial charge on any atom is 0.254 e. The van der Waals surface area contributed by atoms with Crippen LogP contribution in [0.25, 0.3) is 10.9 Å². The minimum absolute atomic E-state index is 0.140. The van der Waals surface area contributed by atoms with Crippen molar-refractivity contribution in [2.75, 3.05) is 20.1 Å². The molecule has 21 heavy (non-hydrogen) atoms. The van der Waals surface area contributed by atoms with Crippen molar-refractivity contribution in [1.82, 2.24) is 15.2 Å². The van der Waals surface area contributed by atoms with E-state index in [9.17, 15) is 4.79 Å². The molecule has 0 bridgehead atoms. The lowest BCUT2D eigenvalue weighted by Crippen LogP contribution is -2.48. The molecule has 1 aliphatic heterocycles. The van der Waals surface area contributed by atoms with Crippen LogP contribution >= 0.6 is 0 Å². The molecule has 1 amide bonds. The Kier molecular flexibility index (Phi) is 4.15. The molecule has 0 saturated carbocycles. The van der Waals surface area contributed by atoms with E-state index in [0.29, 0.717) is 6.04 Å². The summed E-state index contributed by atoms with van der Waals surface area (Å²) in [6.45, 7) is 1.72. The number of hydrogen-bond donors (Lipinski definition) is 1. The summed E-state index contributed by atoms with van der Waals surface area (Å²) in [4.78, 5) is 19.1. The normalized spacial score (nSPS) is 18.9. The summed E-state index contributed by atoms with van der Waals surface area (Å²) in [5.41, 5.74) is 1.69. The predicted octanol–water partition coefficient (Wildman–Crippen LogP) is 2.45. The van der Waals surface area contributed by atoms with Gasteiger partial charge < -0.3 is 10.2 Å². The van der Waals surface area contributed by atoms with E-state index in [0.717, 1.165) is 42.4 Å². The zero-order valence-electron chi connectivity index (χ0n) is 12.4. The number of carbonyl (C=O) groups excluding carboxylic acids is 1. The molecule has 2 heterocycles. The van der Waals surface area contributed by atoms with E-state index in [1.165, 1.54) is 6.42 Å². The molecule has 1 aromatic carbocycles. The highest BCUT2D eigenvalue weighted by Gasteiger charge is 2.26. The topological polar surface area (TPSA) is 45.2 Å². The molecule has 1 atom stereocenters. The summed E-state index contributed by atoms with van der Waals surface area (Å²) in [6, 6.07) is 9.99. The Labute approximate surface area is 125 Å². The SMILES string of the molecule is CNCC1CCCCN1C(=O)c1ccc2ncccc2c1. The van der Waals surface area contributed by atoms with Crippen molar-refractivity contribution in [2.24, 2.45) is 0 Å². The number of aromatic nitrogens is 1. The molecule has 4 heteroatoms. The number of hydrogen-bond acceptors (Lipinski definition) is 3. The van der Waals surface area contributed by atoms with Gasteiger partial charge in [0.2, 0.25) is 0 Å². The molecule has 0 spiro atoms. The van der Waals surface area contributed by atoms with Gasteiger partial charge in [-0.25, -0.2) is 0 Å². The molecular formula is C17H21N3O. The second-order valence-corrected chi connectivity index (χ2v) is 5.62. The van der Waals surface area contributed by atoms with Gasteiger partial charge in [0.15, 0.2) is 0 Å². The summed E-state index contributed by atoms with van der Waals surface area (Å²) >= 11 is 0. The molecule has 1 unspecified atom stereocenters. The highest BCUT2D eigenvalue weighted by Crippen LogP contribution is 2.21. The first-order chi connectivity index (χ1) is 10.3. The summed E-state index contributed by atoms with van der Waals surface area (Å²) < 4.78 is 0. The highest BCUT2D eigenvalue weighted by atomic mass is 16.2. The second kappa shape index (κ2) is 6.22. The van der Waals surface area contributed by atoms with Crippen LogP contribution in [0, 0.1) is 0 Å². The Morgan fingerprint density at radius 3 is 3.14 bits per heavy atom. The first kappa shape index (κ1) is 14.0. The van der Waals surface area contributed by atoms with Gasteiger partial charge in [-0.15, -0.1) is 0 Å². The van der Waals surface area contributed by atoms with Gasteiger partial charge in [-0.3, -0.25) is 9.78 Å². The van der Waals surface area contributed by atoms with Gasteiger partial charge in [-0.1, -0.05) is 6.07 Å².